The number of hydrogen-bond donors (Lipinski definition) is 5. The molecule has 32 heavy (non-hydrogen) atoms. The summed E-state index contributed by atoms with van der Waals surface area (Å²) in [6.45, 7) is 2.24. The third kappa shape index (κ3) is 5.49. The van der Waals surface area contributed by atoms with Crippen molar-refractivity contribution in [3.05, 3.63) is 12.7 Å². The molecule has 178 valence electrons. The van der Waals surface area contributed by atoms with Gasteiger partial charge in [-0.1, -0.05) is 0 Å². The molecule has 3 heterocycles. The number of nitrogens with two attached hydrogens (primary N) is 2. The van der Waals surface area contributed by atoms with Gasteiger partial charge in [-0.25, -0.2) is 15.0 Å². The first-order chi connectivity index (χ1) is 15.2. The van der Waals surface area contributed by atoms with Crippen LogP contribution in [0.15, 0.2) is 12.7 Å². The van der Waals surface area contributed by atoms with Crippen LogP contribution in [-0.4, -0.2) is 115 Å². The molecule has 0 saturated carbocycles. The molecule has 3 rings (SSSR count). The van der Waals surface area contributed by atoms with Crippen LogP contribution in [0.4, 0.5) is 5.82 Å². The number of rotatable bonds is 11. The van der Waals surface area contributed by atoms with Crippen molar-refractivity contribution in [3.8, 4) is 0 Å². The predicted molar refractivity (Wildman–Crippen MR) is 115 cm³/mol. The Morgan fingerprint density at radius 1 is 1.22 bits per heavy atom. The summed E-state index contributed by atoms with van der Waals surface area (Å²) in [6, 6.07) is -0.971. The third-order valence-electron chi connectivity index (χ3n) is 5.59. The van der Waals surface area contributed by atoms with E-state index in [0.717, 1.165) is 13.0 Å². The minimum atomic E-state index is -1.21. The third-order valence-corrected chi connectivity index (χ3v) is 5.59. The van der Waals surface area contributed by atoms with Crippen LogP contribution in [-0.2, 0) is 9.53 Å². The minimum Gasteiger partial charge on any atom is -0.480 e. The summed E-state index contributed by atoms with van der Waals surface area (Å²) in [4.78, 5) is 27.4. The van der Waals surface area contributed by atoms with Crippen LogP contribution in [0.5, 0.6) is 0 Å². The first kappa shape index (κ1) is 24.2. The number of aliphatic hydroxyl groups is 2. The highest BCUT2D eigenvalue weighted by Crippen LogP contribution is 2.32. The van der Waals surface area contributed by atoms with Crippen molar-refractivity contribution in [2.24, 2.45) is 5.73 Å². The SMILES string of the molecule is CN(C)CCCN(CCC(N)C(=O)O)C[C@H]1O[C@@H](n2cnc3c(N)ncnc32)[C@H](O)[C@@H]1O. The number of ether oxygens (including phenoxy) is 1. The number of hydrogen-bond acceptors (Lipinski definition) is 11. The molecule has 7 N–H and O–H groups in total. The molecular formula is C19H32N8O5. The topological polar surface area (TPSA) is 189 Å². The van der Waals surface area contributed by atoms with Crippen LogP contribution in [0.1, 0.15) is 19.1 Å². The Kier molecular flexibility index (Phi) is 7.92. The maximum absolute atomic E-state index is 11.1. The fourth-order valence-electron chi connectivity index (χ4n) is 3.77. The van der Waals surface area contributed by atoms with Crippen molar-refractivity contribution < 1.29 is 24.9 Å². The van der Waals surface area contributed by atoms with Gasteiger partial charge in [0.1, 0.15) is 36.2 Å². The number of aliphatic carboxylic acids is 1. The van der Waals surface area contributed by atoms with Gasteiger partial charge in [0.15, 0.2) is 17.7 Å². The second kappa shape index (κ2) is 10.5. The van der Waals surface area contributed by atoms with Crippen molar-refractivity contribution in [1.82, 2.24) is 29.3 Å². The second-order valence-corrected chi connectivity index (χ2v) is 8.32. The number of carbonyl (C=O) groups is 1. The number of aliphatic hydroxyl groups excluding tert-OH is 2. The maximum atomic E-state index is 11.1. The fraction of sp³-hybridized carbons (Fsp3) is 0.684. The maximum Gasteiger partial charge on any atom is 0.320 e. The Balaban J connectivity index is 1.71. The lowest BCUT2D eigenvalue weighted by Gasteiger charge is -2.27. The zero-order valence-electron chi connectivity index (χ0n) is 18.3. The van der Waals surface area contributed by atoms with Crippen molar-refractivity contribution >= 4 is 23.0 Å². The molecule has 0 amide bonds. The summed E-state index contributed by atoms with van der Waals surface area (Å²) in [5.74, 6) is -0.848. The van der Waals surface area contributed by atoms with E-state index >= 15 is 0 Å². The Hall–Kier alpha value is -2.42. The average molecular weight is 453 g/mol. The van der Waals surface area contributed by atoms with Gasteiger partial charge in [-0.3, -0.25) is 9.36 Å². The summed E-state index contributed by atoms with van der Waals surface area (Å²) in [5, 5.41) is 30.4. The summed E-state index contributed by atoms with van der Waals surface area (Å²) < 4.78 is 7.54. The Morgan fingerprint density at radius 2 is 1.97 bits per heavy atom. The van der Waals surface area contributed by atoms with E-state index in [0.29, 0.717) is 30.8 Å². The molecule has 13 heteroatoms. The molecule has 5 atom stereocenters. The monoisotopic (exact) mass is 452 g/mol. The lowest BCUT2D eigenvalue weighted by atomic mass is 10.1. The predicted octanol–water partition coefficient (Wildman–Crippen LogP) is -1.92. The van der Waals surface area contributed by atoms with E-state index in [1.807, 2.05) is 19.0 Å². The summed E-state index contributed by atoms with van der Waals surface area (Å²) in [6.07, 6.45) is -0.130. The van der Waals surface area contributed by atoms with E-state index in [9.17, 15) is 15.0 Å². The van der Waals surface area contributed by atoms with Crippen molar-refractivity contribution in [2.45, 2.75) is 43.4 Å². The summed E-state index contributed by atoms with van der Waals surface area (Å²) in [5.41, 5.74) is 12.3. The number of carboxylic acids is 1. The van der Waals surface area contributed by atoms with Gasteiger partial charge in [0, 0.05) is 13.1 Å². The number of nitrogen functional groups attached to an aromatic ring is 1. The van der Waals surface area contributed by atoms with E-state index < -0.39 is 36.6 Å². The number of anilines is 1. The Labute approximate surface area is 185 Å². The number of aromatic nitrogens is 4. The lowest BCUT2D eigenvalue weighted by molar-refractivity contribution is -0.138. The van der Waals surface area contributed by atoms with Gasteiger partial charge in [-0.2, -0.15) is 0 Å². The average Bonchev–Trinajstić information content (AvgIpc) is 3.28. The van der Waals surface area contributed by atoms with Crippen molar-refractivity contribution in [1.29, 1.82) is 0 Å². The Morgan fingerprint density at radius 3 is 2.66 bits per heavy atom. The highest BCUT2D eigenvalue weighted by Gasteiger charge is 2.44. The number of carboxylic acid groups (broad SMARTS) is 1. The molecule has 1 saturated heterocycles. The van der Waals surface area contributed by atoms with Gasteiger partial charge >= 0.3 is 5.97 Å². The van der Waals surface area contributed by atoms with Gasteiger partial charge in [0.05, 0.1) is 6.33 Å². The van der Waals surface area contributed by atoms with Crippen molar-refractivity contribution in [2.75, 3.05) is 46.0 Å². The minimum absolute atomic E-state index is 0.208. The second-order valence-electron chi connectivity index (χ2n) is 8.32. The molecular weight excluding hydrogens is 420 g/mol. The van der Waals surface area contributed by atoms with Crippen LogP contribution in [0.2, 0.25) is 0 Å². The van der Waals surface area contributed by atoms with Gasteiger partial charge in [-0.15, -0.1) is 0 Å². The van der Waals surface area contributed by atoms with Gasteiger partial charge in [-0.05, 0) is 40.0 Å². The molecule has 0 radical (unpaired) electrons. The number of fused-ring (bicyclic) bond motifs is 1. The zero-order chi connectivity index (χ0) is 23.4. The van der Waals surface area contributed by atoms with Crippen LogP contribution in [0.3, 0.4) is 0 Å². The molecule has 0 aliphatic carbocycles. The quantitative estimate of drug-likeness (QED) is 0.254. The highest BCUT2D eigenvalue weighted by atomic mass is 16.6. The summed E-state index contributed by atoms with van der Waals surface area (Å²) >= 11 is 0. The van der Waals surface area contributed by atoms with Gasteiger partial charge in [0.25, 0.3) is 0 Å². The molecule has 13 nitrogen and oxygen atoms in total. The van der Waals surface area contributed by atoms with E-state index in [-0.39, 0.29) is 12.2 Å². The lowest BCUT2D eigenvalue weighted by Crippen LogP contribution is -2.43. The van der Waals surface area contributed by atoms with Gasteiger partial charge < -0.3 is 41.3 Å². The number of nitrogens with zero attached hydrogens (tertiary/aromatic N) is 6. The summed E-state index contributed by atoms with van der Waals surface area (Å²) in [7, 11) is 3.95. The zero-order valence-corrected chi connectivity index (χ0v) is 18.3. The molecule has 2 aromatic rings. The van der Waals surface area contributed by atoms with Crippen LogP contribution < -0.4 is 11.5 Å². The molecule has 0 bridgehead atoms. The Bertz CT molecular complexity index is 909. The van der Waals surface area contributed by atoms with E-state index in [1.165, 1.54) is 17.2 Å². The first-order valence-corrected chi connectivity index (χ1v) is 10.5. The molecule has 0 spiro atoms. The molecule has 1 fully saturated rings. The van der Waals surface area contributed by atoms with E-state index in [1.54, 1.807) is 0 Å². The molecule has 0 aromatic carbocycles. The molecule has 2 aromatic heterocycles. The molecule has 1 aliphatic rings. The fourth-order valence-corrected chi connectivity index (χ4v) is 3.77. The first-order valence-electron chi connectivity index (χ1n) is 10.5. The van der Waals surface area contributed by atoms with Crippen molar-refractivity contribution in [3.63, 3.8) is 0 Å². The van der Waals surface area contributed by atoms with Crippen LogP contribution in [0, 0.1) is 0 Å². The molecule has 1 aliphatic heterocycles. The van der Waals surface area contributed by atoms with E-state index in [4.69, 9.17) is 21.3 Å². The largest absolute Gasteiger partial charge is 0.480 e. The number of imidazole rings is 1. The van der Waals surface area contributed by atoms with Crippen LogP contribution >= 0.6 is 0 Å². The molecule has 1 unspecified atom stereocenters. The smallest absolute Gasteiger partial charge is 0.320 e. The highest BCUT2D eigenvalue weighted by molar-refractivity contribution is 5.81. The normalized spacial score (nSPS) is 24.6. The standard InChI is InChI=1S/C19H32N8O5/c1-25(2)5-3-6-26(7-4-11(20)19(30)31)8-12-14(28)15(29)18(32-12)27-10-24-13-16(21)22-9-23-17(13)27/h9-12,14-15,18,28-29H,3-8,20H2,1-2H3,(H,30,31)(H2,21,22,23)/t11?,12-,14-,15-,18-/m1/s1. The van der Waals surface area contributed by atoms with Gasteiger partial charge in [0.2, 0.25) is 0 Å². The van der Waals surface area contributed by atoms with Crippen LogP contribution in [0.25, 0.3) is 11.2 Å². The van der Waals surface area contributed by atoms with E-state index in [2.05, 4.69) is 19.9 Å².